The number of hydrogen-bond donors (Lipinski definition) is 0. The first-order valence-corrected chi connectivity index (χ1v) is 12.8. The second kappa shape index (κ2) is 10.5. The lowest BCUT2D eigenvalue weighted by Crippen LogP contribution is -2.45. The van der Waals surface area contributed by atoms with Gasteiger partial charge in [0.2, 0.25) is 17.6 Å². The molecule has 0 N–H and O–H groups in total. The van der Waals surface area contributed by atoms with Crippen molar-refractivity contribution in [1.82, 2.24) is 19.9 Å². The van der Waals surface area contributed by atoms with Gasteiger partial charge in [0, 0.05) is 44.6 Å². The van der Waals surface area contributed by atoms with E-state index in [-0.39, 0.29) is 23.3 Å². The predicted molar refractivity (Wildman–Crippen MR) is 134 cm³/mol. The highest BCUT2D eigenvalue weighted by atomic mass is 19.1. The van der Waals surface area contributed by atoms with Crippen molar-refractivity contribution in [3.05, 3.63) is 65.1 Å². The van der Waals surface area contributed by atoms with Gasteiger partial charge in [0.05, 0.1) is 7.11 Å². The maximum absolute atomic E-state index is 14.5. The van der Waals surface area contributed by atoms with E-state index in [0.29, 0.717) is 57.2 Å². The molecule has 3 heterocycles. The highest BCUT2D eigenvalue weighted by molar-refractivity contribution is 5.95. The first-order valence-electron chi connectivity index (χ1n) is 12.8. The van der Waals surface area contributed by atoms with Crippen LogP contribution in [0.3, 0.4) is 0 Å². The Bertz CT molecular complexity index is 1330. The zero-order valence-electron chi connectivity index (χ0n) is 21.5. The number of carbonyl (C=O) groups excluding carboxylic acids is 2. The van der Waals surface area contributed by atoms with Crippen molar-refractivity contribution < 1.29 is 27.6 Å². The molecule has 1 spiro atoms. The predicted octanol–water partition coefficient (Wildman–Crippen LogP) is 4.42. The molecule has 10 heteroatoms. The van der Waals surface area contributed by atoms with Gasteiger partial charge in [-0.25, -0.2) is 8.78 Å². The summed E-state index contributed by atoms with van der Waals surface area (Å²) in [5, 5.41) is 4.01. The number of ether oxygens (including phenoxy) is 1. The summed E-state index contributed by atoms with van der Waals surface area (Å²) in [6.45, 7) is 3.59. The maximum Gasteiger partial charge on any atom is 0.259 e. The third-order valence-electron chi connectivity index (χ3n) is 7.77. The second-order valence-corrected chi connectivity index (χ2v) is 10.2. The molecule has 1 aromatic heterocycles. The number of likely N-dealkylation sites (tertiary alicyclic amines) is 2. The van der Waals surface area contributed by atoms with Crippen LogP contribution in [-0.4, -0.2) is 65.0 Å². The van der Waals surface area contributed by atoms with Gasteiger partial charge in [-0.1, -0.05) is 11.2 Å². The molecule has 2 aromatic carbocycles. The molecule has 8 nitrogen and oxygen atoms in total. The number of piperidine rings is 1. The fourth-order valence-electron chi connectivity index (χ4n) is 5.34. The number of amides is 2. The number of nitrogens with zero attached hydrogens (tertiary/aromatic N) is 4. The maximum atomic E-state index is 14.5. The summed E-state index contributed by atoms with van der Waals surface area (Å²) < 4.78 is 39.2. The Balaban J connectivity index is 1.13. The summed E-state index contributed by atoms with van der Waals surface area (Å²) in [5.41, 5.74) is 0.472. The van der Waals surface area contributed by atoms with Crippen molar-refractivity contribution in [3.63, 3.8) is 0 Å². The number of methoxy groups -OCH3 is 1. The van der Waals surface area contributed by atoms with E-state index in [1.54, 1.807) is 7.11 Å². The van der Waals surface area contributed by atoms with E-state index in [9.17, 15) is 18.4 Å². The van der Waals surface area contributed by atoms with Crippen molar-refractivity contribution >= 4 is 11.8 Å². The Morgan fingerprint density at radius 1 is 1.03 bits per heavy atom. The molecule has 0 unspecified atom stereocenters. The van der Waals surface area contributed by atoms with Crippen LogP contribution in [0.1, 0.15) is 47.5 Å². The van der Waals surface area contributed by atoms with E-state index < -0.39 is 23.1 Å². The van der Waals surface area contributed by atoms with Crippen LogP contribution in [0.5, 0.6) is 5.75 Å². The number of aromatic nitrogens is 2. The van der Waals surface area contributed by atoms with Crippen LogP contribution >= 0.6 is 0 Å². The van der Waals surface area contributed by atoms with Crippen LogP contribution < -0.4 is 4.74 Å². The summed E-state index contributed by atoms with van der Waals surface area (Å²) in [6, 6.07) is 9.78. The van der Waals surface area contributed by atoms with Gasteiger partial charge in [0.15, 0.2) is 0 Å². The average Bonchev–Trinajstić information content (AvgIpc) is 3.58. The molecule has 2 saturated heterocycles. The fraction of sp³-hybridized carbons (Fsp3) is 0.429. The molecule has 5 rings (SSSR count). The van der Waals surface area contributed by atoms with E-state index in [4.69, 9.17) is 9.26 Å². The molecule has 2 fully saturated rings. The van der Waals surface area contributed by atoms with E-state index in [1.807, 2.05) is 29.2 Å². The van der Waals surface area contributed by atoms with Gasteiger partial charge >= 0.3 is 0 Å². The minimum Gasteiger partial charge on any atom is -0.497 e. The normalized spacial score (nSPS) is 16.7. The minimum atomic E-state index is -0.839. The summed E-state index contributed by atoms with van der Waals surface area (Å²) in [4.78, 5) is 33.6. The molecule has 0 saturated carbocycles. The average molecular weight is 525 g/mol. The van der Waals surface area contributed by atoms with Crippen molar-refractivity contribution in [1.29, 1.82) is 0 Å². The zero-order chi connectivity index (χ0) is 26.9. The Morgan fingerprint density at radius 3 is 2.39 bits per heavy atom. The van der Waals surface area contributed by atoms with E-state index >= 15 is 0 Å². The van der Waals surface area contributed by atoms with Crippen molar-refractivity contribution in [2.75, 3.05) is 33.3 Å². The van der Waals surface area contributed by atoms with Crippen LogP contribution in [0.4, 0.5) is 8.78 Å². The molecule has 0 atom stereocenters. The van der Waals surface area contributed by atoms with Crippen LogP contribution in [-0.2, 0) is 11.2 Å². The lowest BCUT2D eigenvalue weighted by atomic mass is 9.77. The van der Waals surface area contributed by atoms with Crippen LogP contribution in [0.2, 0.25) is 0 Å². The SMILES string of the molecule is COc1ccc(-c2noc(CCC(=O)N3CCC4(CCN(C(=O)c5c(F)ccc(C)c5F)CC4)C3)n2)cc1. The zero-order valence-corrected chi connectivity index (χ0v) is 21.5. The number of benzene rings is 2. The number of rotatable bonds is 6. The Labute approximate surface area is 219 Å². The number of aryl methyl sites for hydroxylation is 2. The standard InChI is InChI=1S/C28H30F2N4O4/c1-18-3-8-21(29)24(25(18)30)27(36)33-14-11-28(12-15-33)13-16-34(17-28)23(35)10-9-22-31-26(32-38-22)19-4-6-20(37-2)7-5-19/h3-8H,9-17H2,1-2H3. The van der Waals surface area contributed by atoms with Crippen molar-refractivity contribution in [2.24, 2.45) is 5.41 Å². The van der Waals surface area contributed by atoms with Crippen LogP contribution in [0.15, 0.2) is 40.9 Å². The Morgan fingerprint density at radius 2 is 1.71 bits per heavy atom. The minimum absolute atomic E-state index is 0.0217. The van der Waals surface area contributed by atoms with Gasteiger partial charge in [0.25, 0.3) is 5.91 Å². The summed E-state index contributed by atoms with van der Waals surface area (Å²) in [6.07, 6.45) is 2.83. The smallest absolute Gasteiger partial charge is 0.259 e. The number of halogens is 2. The molecular formula is C28H30F2N4O4. The van der Waals surface area contributed by atoms with Crippen molar-refractivity contribution in [3.8, 4) is 17.1 Å². The molecular weight excluding hydrogens is 494 g/mol. The van der Waals surface area contributed by atoms with Gasteiger partial charge in [-0.3, -0.25) is 9.59 Å². The molecule has 200 valence electrons. The molecule has 0 aliphatic carbocycles. The lowest BCUT2D eigenvalue weighted by Gasteiger charge is -2.39. The highest BCUT2D eigenvalue weighted by Crippen LogP contribution is 2.41. The topological polar surface area (TPSA) is 88.8 Å². The molecule has 38 heavy (non-hydrogen) atoms. The molecule has 2 aliphatic rings. The van der Waals surface area contributed by atoms with E-state index in [1.165, 1.54) is 17.9 Å². The van der Waals surface area contributed by atoms with Crippen molar-refractivity contribution in [2.45, 2.75) is 39.0 Å². The van der Waals surface area contributed by atoms with Crippen LogP contribution in [0.25, 0.3) is 11.4 Å². The van der Waals surface area contributed by atoms with Gasteiger partial charge in [-0.05, 0) is 67.5 Å². The van der Waals surface area contributed by atoms with Gasteiger partial charge in [-0.15, -0.1) is 0 Å². The lowest BCUT2D eigenvalue weighted by molar-refractivity contribution is -0.130. The Kier molecular flexibility index (Phi) is 7.14. The summed E-state index contributed by atoms with van der Waals surface area (Å²) in [5.74, 6) is -0.634. The molecule has 0 bridgehead atoms. The van der Waals surface area contributed by atoms with Gasteiger partial charge in [-0.2, -0.15) is 4.98 Å². The number of carbonyl (C=O) groups is 2. The monoisotopic (exact) mass is 524 g/mol. The third-order valence-corrected chi connectivity index (χ3v) is 7.77. The van der Waals surface area contributed by atoms with E-state index in [2.05, 4.69) is 10.1 Å². The van der Waals surface area contributed by atoms with Gasteiger partial charge < -0.3 is 19.1 Å². The molecule has 2 amide bonds. The second-order valence-electron chi connectivity index (χ2n) is 10.2. The summed E-state index contributed by atoms with van der Waals surface area (Å²) >= 11 is 0. The quantitative estimate of drug-likeness (QED) is 0.474. The largest absolute Gasteiger partial charge is 0.497 e. The number of hydrogen-bond acceptors (Lipinski definition) is 6. The Hall–Kier alpha value is -3.82. The third kappa shape index (κ3) is 5.12. The highest BCUT2D eigenvalue weighted by Gasteiger charge is 2.43. The van der Waals surface area contributed by atoms with Gasteiger partial charge in [0.1, 0.15) is 22.9 Å². The van der Waals surface area contributed by atoms with E-state index in [0.717, 1.165) is 23.8 Å². The first kappa shape index (κ1) is 25.8. The summed E-state index contributed by atoms with van der Waals surface area (Å²) in [7, 11) is 1.60. The molecule has 3 aromatic rings. The molecule has 0 radical (unpaired) electrons. The van der Waals surface area contributed by atoms with Crippen LogP contribution in [0, 0.1) is 24.0 Å². The first-order chi connectivity index (χ1) is 18.3. The molecule has 2 aliphatic heterocycles. The fourth-order valence-corrected chi connectivity index (χ4v) is 5.34.